The van der Waals surface area contributed by atoms with Crippen molar-refractivity contribution in [2.45, 2.75) is 0 Å². The van der Waals surface area contributed by atoms with E-state index >= 15 is 0 Å². The first-order chi connectivity index (χ1) is 17.7. The van der Waals surface area contributed by atoms with Crippen LogP contribution in [0.4, 0.5) is 5.69 Å². The van der Waals surface area contributed by atoms with Gasteiger partial charge in [0.1, 0.15) is 0 Å². The highest BCUT2D eigenvalue weighted by Crippen LogP contribution is 2.33. The zero-order valence-corrected chi connectivity index (χ0v) is 20.5. The lowest BCUT2D eigenvalue weighted by Crippen LogP contribution is -2.47. The number of rotatable bonds is 4. The van der Waals surface area contributed by atoms with Gasteiger partial charge in [0.2, 0.25) is 0 Å². The van der Waals surface area contributed by atoms with Crippen molar-refractivity contribution in [2.75, 3.05) is 31.1 Å². The highest BCUT2D eigenvalue weighted by molar-refractivity contribution is 8.18. The van der Waals surface area contributed by atoms with Gasteiger partial charge >= 0.3 is 0 Å². The largest absolute Gasteiger partial charge is 0.368 e. The van der Waals surface area contributed by atoms with Gasteiger partial charge in [-0.15, -0.1) is 0 Å². The molecule has 2 aliphatic rings. The Morgan fingerprint density at radius 3 is 1.97 bits per heavy atom. The van der Waals surface area contributed by atoms with Gasteiger partial charge < -0.3 is 9.80 Å². The van der Waals surface area contributed by atoms with Crippen LogP contribution in [0.15, 0.2) is 107 Å². The smallest absolute Gasteiger partial charge is 0.286 e. The van der Waals surface area contributed by atoms with Crippen molar-refractivity contribution in [1.29, 1.82) is 0 Å². The van der Waals surface area contributed by atoms with Crippen molar-refractivity contribution in [3.05, 3.63) is 108 Å². The fourth-order valence-electron chi connectivity index (χ4n) is 4.50. The van der Waals surface area contributed by atoms with Crippen molar-refractivity contribution >= 4 is 34.6 Å². The summed E-state index contributed by atoms with van der Waals surface area (Å²) in [5, 5.41) is 5.65. The van der Waals surface area contributed by atoms with Crippen LogP contribution in [-0.4, -0.2) is 51.9 Å². The molecule has 0 N–H and O–H groups in total. The van der Waals surface area contributed by atoms with Crippen LogP contribution in [0.5, 0.6) is 0 Å². The fraction of sp³-hybridized carbons (Fsp3) is 0.138. The second-order valence-corrected chi connectivity index (χ2v) is 9.71. The van der Waals surface area contributed by atoms with Crippen LogP contribution in [0, 0.1) is 0 Å². The second-order valence-electron chi connectivity index (χ2n) is 8.70. The van der Waals surface area contributed by atoms with Gasteiger partial charge in [0, 0.05) is 49.2 Å². The molecule has 1 saturated heterocycles. The highest BCUT2D eigenvalue weighted by Gasteiger charge is 2.29. The van der Waals surface area contributed by atoms with E-state index in [0.717, 1.165) is 53.9 Å². The molecular weight excluding hydrogens is 466 g/mol. The Hall–Kier alpha value is -4.10. The highest BCUT2D eigenvalue weighted by atomic mass is 32.2. The van der Waals surface area contributed by atoms with Crippen molar-refractivity contribution in [1.82, 2.24) is 14.7 Å². The maximum absolute atomic E-state index is 12.9. The van der Waals surface area contributed by atoms with E-state index in [1.165, 1.54) is 17.4 Å². The van der Waals surface area contributed by atoms with Crippen LogP contribution in [0.1, 0.15) is 5.56 Å². The normalized spacial score (nSPS) is 17.1. The SMILES string of the molecule is O=C1N=C(N2CCN(c3ccccc3)CC2)S/C1=C\c1cn(-c2ccccc2)nc1-c1ccccc1. The van der Waals surface area contributed by atoms with E-state index in [-0.39, 0.29) is 5.91 Å². The third kappa shape index (κ3) is 4.57. The molecular formula is C29H25N5OS. The molecule has 7 heteroatoms. The first-order valence-electron chi connectivity index (χ1n) is 12.0. The molecule has 0 radical (unpaired) electrons. The number of thioether (sulfide) groups is 1. The monoisotopic (exact) mass is 491 g/mol. The number of piperazine rings is 1. The minimum Gasteiger partial charge on any atom is -0.368 e. The molecule has 3 heterocycles. The molecule has 0 atom stereocenters. The number of para-hydroxylation sites is 2. The Morgan fingerprint density at radius 1 is 0.722 bits per heavy atom. The number of carbonyl (C=O) groups excluding carboxylic acids is 1. The standard InChI is InChI=1S/C29H25N5OS/c35-28-26(36-29(30-28)33-18-16-32(17-19-33)24-12-6-2-7-13-24)20-23-21-34(25-14-8-3-9-15-25)31-27(23)22-10-4-1-5-11-22/h1-15,20-21H,16-19H2/b26-20-. The van der Waals surface area contributed by atoms with Crippen LogP contribution in [0.3, 0.4) is 0 Å². The Balaban J connectivity index is 1.23. The molecule has 3 aromatic carbocycles. The molecule has 6 rings (SSSR count). The van der Waals surface area contributed by atoms with Crippen molar-refractivity contribution in [2.24, 2.45) is 4.99 Å². The number of anilines is 1. The Morgan fingerprint density at radius 2 is 1.31 bits per heavy atom. The lowest BCUT2D eigenvalue weighted by molar-refractivity contribution is -0.113. The van der Waals surface area contributed by atoms with Crippen LogP contribution >= 0.6 is 11.8 Å². The molecule has 4 aromatic rings. The number of amides is 1. The molecule has 0 aliphatic carbocycles. The quantitative estimate of drug-likeness (QED) is 0.361. The molecule has 2 aliphatic heterocycles. The van der Waals surface area contributed by atoms with Crippen LogP contribution in [0.25, 0.3) is 23.0 Å². The number of carbonyl (C=O) groups is 1. The molecule has 0 bridgehead atoms. The van der Waals surface area contributed by atoms with Crippen molar-refractivity contribution in [3.63, 3.8) is 0 Å². The number of aromatic nitrogens is 2. The molecule has 1 aromatic heterocycles. The summed E-state index contributed by atoms with van der Waals surface area (Å²) < 4.78 is 1.86. The first kappa shape index (κ1) is 22.4. The van der Waals surface area contributed by atoms with Crippen LogP contribution in [-0.2, 0) is 4.79 Å². The summed E-state index contributed by atoms with van der Waals surface area (Å²) in [5.74, 6) is -0.188. The number of hydrogen-bond acceptors (Lipinski definition) is 5. The second kappa shape index (κ2) is 9.87. The summed E-state index contributed by atoms with van der Waals surface area (Å²) in [4.78, 5) is 22.5. The average Bonchev–Trinajstić information content (AvgIpc) is 3.54. The lowest BCUT2D eigenvalue weighted by Gasteiger charge is -2.36. The summed E-state index contributed by atoms with van der Waals surface area (Å²) in [6, 6.07) is 30.5. The van der Waals surface area contributed by atoms with Gasteiger partial charge in [-0.25, -0.2) is 4.68 Å². The summed E-state index contributed by atoms with van der Waals surface area (Å²) >= 11 is 1.46. The Kier molecular flexibility index (Phi) is 6.13. The molecule has 178 valence electrons. The average molecular weight is 492 g/mol. The van der Waals surface area contributed by atoms with Gasteiger partial charge in [-0.05, 0) is 42.1 Å². The van der Waals surface area contributed by atoms with Gasteiger partial charge in [-0.2, -0.15) is 10.1 Å². The van der Waals surface area contributed by atoms with Gasteiger partial charge in [0.05, 0.1) is 16.3 Å². The number of nitrogens with zero attached hydrogens (tertiary/aromatic N) is 5. The number of hydrogen-bond donors (Lipinski definition) is 0. The Labute approximate surface area is 214 Å². The van der Waals surface area contributed by atoms with E-state index in [0.29, 0.717) is 4.91 Å². The number of aliphatic imine (C=N–C) groups is 1. The predicted octanol–water partition coefficient (Wildman–Crippen LogP) is 5.33. The van der Waals surface area contributed by atoms with Crippen LogP contribution in [0.2, 0.25) is 0 Å². The minimum atomic E-state index is -0.188. The minimum absolute atomic E-state index is 0.188. The third-order valence-electron chi connectivity index (χ3n) is 6.38. The third-order valence-corrected chi connectivity index (χ3v) is 7.42. The molecule has 36 heavy (non-hydrogen) atoms. The van der Waals surface area contributed by atoms with Crippen LogP contribution < -0.4 is 4.90 Å². The van der Waals surface area contributed by atoms with E-state index in [4.69, 9.17) is 5.10 Å². The molecule has 1 amide bonds. The van der Waals surface area contributed by atoms with E-state index in [9.17, 15) is 4.79 Å². The fourth-order valence-corrected chi connectivity index (χ4v) is 5.45. The molecule has 0 spiro atoms. The summed E-state index contributed by atoms with van der Waals surface area (Å²) in [6.45, 7) is 3.47. The molecule has 0 saturated carbocycles. The van der Waals surface area contributed by atoms with Crippen molar-refractivity contribution < 1.29 is 4.79 Å². The zero-order chi connectivity index (χ0) is 24.3. The summed E-state index contributed by atoms with van der Waals surface area (Å²) in [7, 11) is 0. The van der Waals surface area contributed by atoms with E-state index < -0.39 is 0 Å². The van der Waals surface area contributed by atoms with Gasteiger partial charge in [0.25, 0.3) is 5.91 Å². The topological polar surface area (TPSA) is 53.7 Å². The summed E-state index contributed by atoms with van der Waals surface area (Å²) in [6.07, 6.45) is 3.91. The molecule has 1 fully saturated rings. The maximum atomic E-state index is 12.9. The first-order valence-corrected chi connectivity index (χ1v) is 12.8. The van der Waals surface area contributed by atoms with Gasteiger partial charge in [-0.1, -0.05) is 66.7 Å². The van der Waals surface area contributed by atoms with E-state index in [1.54, 1.807) is 0 Å². The Bertz CT molecular complexity index is 1420. The lowest BCUT2D eigenvalue weighted by atomic mass is 10.1. The zero-order valence-electron chi connectivity index (χ0n) is 19.7. The number of benzene rings is 3. The molecule has 0 unspecified atom stereocenters. The van der Waals surface area contributed by atoms with E-state index in [2.05, 4.69) is 39.1 Å². The van der Waals surface area contributed by atoms with E-state index in [1.807, 2.05) is 83.7 Å². The maximum Gasteiger partial charge on any atom is 0.286 e. The molecule has 6 nitrogen and oxygen atoms in total. The number of amidine groups is 1. The predicted molar refractivity (Wildman–Crippen MR) is 147 cm³/mol. The van der Waals surface area contributed by atoms with Gasteiger partial charge in [-0.3, -0.25) is 4.79 Å². The van der Waals surface area contributed by atoms with Gasteiger partial charge in [0.15, 0.2) is 5.17 Å². The van der Waals surface area contributed by atoms with Crippen molar-refractivity contribution in [3.8, 4) is 16.9 Å². The summed E-state index contributed by atoms with van der Waals surface area (Å²) in [5.41, 5.74) is 4.95.